The second kappa shape index (κ2) is 16.3. The van der Waals surface area contributed by atoms with Crippen molar-refractivity contribution in [3.63, 3.8) is 0 Å². The molecule has 13 heteroatoms. The Balaban J connectivity index is 2.17. The number of rotatable bonds is 14. The summed E-state index contributed by atoms with van der Waals surface area (Å²) in [6, 6.07) is 15.3. The zero-order chi connectivity index (χ0) is 29.5. The minimum atomic E-state index is -3.76. The summed E-state index contributed by atoms with van der Waals surface area (Å²) in [5.74, 6) is -1.75. The fourth-order valence-corrected chi connectivity index (χ4v) is 4.72. The molecule has 40 heavy (non-hydrogen) atoms. The van der Waals surface area contributed by atoms with Gasteiger partial charge in [-0.25, -0.2) is 9.59 Å². The zero-order valence-corrected chi connectivity index (χ0v) is 23.7. The number of methoxy groups -OCH3 is 1. The predicted octanol–water partition coefficient (Wildman–Crippen LogP) is 3.24. The summed E-state index contributed by atoms with van der Waals surface area (Å²) in [6.45, 7) is 3.02. The fraction of sp³-hybridized carbons (Fsp3) is 0.407. The molecule has 0 aliphatic heterocycles. The van der Waals surface area contributed by atoms with Crippen LogP contribution in [0.2, 0.25) is 0 Å². The third-order valence-corrected chi connectivity index (χ3v) is 7.56. The highest BCUT2D eigenvalue weighted by atomic mass is 31.1. The highest BCUT2D eigenvalue weighted by Gasteiger charge is 2.47. The molecule has 0 radical (unpaired) electrons. The molecule has 0 saturated carbocycles. The molecule has 2 rings (SSSR count). The highest BCUT2D eigenvalue weighted by Crippen LogP contribution is 2.39. The number of nitrogens with one attached hydrogen (secondary N) is 3. The normalized spacial score (nSPS) is 14.4. The average molecular weight is 578 g/mol. The number of carbonyl (C=O) groups is 4. The Labute approximate surface area is 233 Å². The molecule has 0 saturated heterocycles. The van der Waals surface area contributed by atoms with Gasteiger partial charge in [0.2, 0.25) is 13.9 Å². The molecule has 4 N–H and O–H groups in total. The first-order chi connectivity index (χ1) is 19.1. The van der Waals surface area contributed by atoms with Crippen LogP contribution in [0.5, 0.6) is 0 Å². The van der Waals surface area contributed by atoms with E-state index in [0.29, 0.717) is 12.0 Å². The Morgan fingerprint density at radius 1 is 0.900 bits per heavy atom. The molecule has 0 aromatic heterocycles. The summed E-state index contributed by atoms with van der Waals surface area (Å²) in [6.07, 6.45) is -1.91. The number of alkyl carbamates (subject to hydrolysis) is 2. The van der Waals surface area contributed by atoms with Gasteiger partial charge in [0.25, 0.3) is 0 Å². The van der Waals surface area contributed by atoms with Crippen molar-refractivity contribution in [2.24, 2.45) is 0 Å². The van der Waals surface area contributed by atoms with Crippen molar-refractivity contribution in [2.45, 2.75) is 63.7 Å². The maximum absolute atomic E-state index is 13.3. The number of carbonyl (C=O) groups excluding carboxylic acids is 4. The summed E-state index contributed by atoms with van der Waals surface area (Å²) in [5.41, 5.74) is 1.45. The lowest BCUT2D eigenvalue weighted by atomic mass is 10.0. The van der Waals surface area contributed by atoms with Crippen LogP contribution in [0.4, 0.5) is 9.59 Å². The maximum atomic E-state index is 13.3. The lowest BCUT2D eigenvalue weighted by Crippen LogP contribution is -2.63. The molecule has 0 aliphatic rings. The Kier molecular flexibility index (Phi) is 13.1. The first kappa shape index (κ1) is 32.3. The Bertz CT molecular complexity index is 1150. The summed E-state index contributed by atoms with van der Waals surface area (Å²) in [5, 5.41) is 5.18. The molecule has 0 aliphatic carbocycles. The maximum Gasteiger partial charge on any atom is 0.408 e. The van der Waals surface area contributed by atoms with Crippen LogP contribution in [0.15, 0.2) is 60.7 Å². The van der Waals surface area contributed by atoms with E-state index in [9.17, 15) is 28.6 Å². The Morgan fingerprint density at radius 3 is 1.85 bits per heavy atom. The van der Waals surface area contributed by atoms with Gasteiger partial charge in [0.05, 0.1) is 19.6 Å². The van der Waals surface area contributed by atoms with Crippen molar-refractivity contribution < 1.29 is 42.8 Å². The molecule has 0 heterocycles. The van der Waals surface area contributed by atoms with E-state index < -0.39 is 55.9 Å². The van der Waals surface area contributed by atoms with Crippen molar-refractivity contribution >= 4 is 32.1 Å². The molecule has 2 aromatic carbocycles. The van der Waals surface area contributed by atoms with E-state index in [-0.39, 0.29) is 19.6 Å². The molecular formula is C27H36N3O9P. The molecule has 0 bridgehead atoms. The minimum Gasteiger partial charge on any atom is -0.469 e. The van der Waals surface area contributed by atoms with Gasteiger partial charge in [0.1, 0.15) is 24.5 Å². The molecule has 0 spiro atoms. The number of esters is 1. The van der Waals surface area contributed by atoms with Crippen molar-refractivity contribution in [1.82, 2.24) is 16.0 Å². The van der Waals surface area contributed by atoms with Gasteiger partial charge in [-0.15, -0.1) is 0 Å². The zero-order valence-electron chi connectivity index (χ0n) is 22.7. The molecule has 4 atom stereocenters. The third kappa shape index (κ3) is 10.0. The molecule has 2 aromatic rings. The molecule has 0 fully saturated rings. The predicted molar refractivity (Wildman–Crippen MR) is 146 cm³/mol. The van der Waals surface area contributed by atoms with E-state index in [1.165, 1.54) is 6.92 Å². The molecule has 218 valence electrons. The smallest absolute Gasteiger partial charge is 0.408 e. The van der Waals surface area contributed by atoms with Gasteiger partial charge in [-0.1, -0.05) is 74.0 Å². The quantitative estimate of drug-likeness (QED) is 0.150. The fourth-order valence-electron chi connectivity index (χ4n) is 3.76. The number of hydrogen-bond donors (Lipinski definition) is 4. The largest absolute Gasteiger partial charge is 0.469 e. The first-order valence-electron chi connectivity index (χ1n) is 12.7. The Hall–Kier alpha value is -3.89. The van der Waals surface area contributed by atoms with Crippen molar-refractivity contribution in [2.75, 3.05) is 7.11 Å². The van der Waals surface area contributed by atoms with Gasteiger partial charge >= 0.3 is 18.2 Å². The van der Waals surface area contributed by atoms with Gasteiger partial charge in [-0.3, -0.25) is 14.2 Å². The van der Waals surface area contributed by atoms with Crippen LogP contribution in [0.1, 0.15) is 44.2 Å². The van der Waals surface area contributed by atoms with Crippen LogP contribution in [-0.2, 0) is 41.6 Å². The van der Waals surface area contributed by atoms with Crippen LogP contribution < -0.4 is 16.0 Å². The van der Waals surface area contributed by atoms with Crippen LogP contribution in [0.3, 0.4) is 0 Å². The van der Waals surface area contributed by atoms with Gasteiger partial charge in [-0.05, 0) is 24.5 Å². The number of hydrogen-bond acceptors (Lipinski definition) is 8. The summed E-state index contributed by atoms with van der Waals surface area (Å²) >= 11 is 0. The van der Waals surface area contributed by atoms with Crippen LogP contribution in [0.25, 0.3) is 0 Å². The monoisotopic (exact) mass is 577 g/mol. The van der Waals surface area contributed by atoms with Gasteiger partial charge in [0, 0.05) is 0 Å². The van der Waals surface area contributed by atoms with E-state index in [4.69, 9.17) is 9.47 Å². The van der Waals surface area contributed by atoms with Gasteiger partial charge in [0.15, 0.2) is 0 Å². The number of benzene rings is 2. The van der Waals surface area contributed by atoms with E-state index in [1.807, 2.05) is 6.07 Å². The van der Waals surface area contributed by atoms with Gasteiger partial charge < -0.3 is 35.1 Å². The number of ether oxygens (including phenoxy) is 3. The van der Waals surface area contributed by atoms with Crippen LogP contribution in [0, 0.1) is 0 Å². The summed E-state index contributed by atoms with van der Waals surface area (Å²) in [7, 11) is -2.68. The second-order valence-electron chi connectivity index (χ2n) is 8.99. The van der Waals surface area contributed by atoms with E-state index >= 15 is 0 Å². The SMILES string of the molecule is CCC[C@H](NC(=O)OCc1ccccc1)C(=O)NC(CC(=O)OC)(C(C)NC(=O)OCc1ccccc1)[PH](=O)O. The van der Waals surface area contributed by atoms with Crippen LogP contribution >= 0.6 is 8.03 Å². The average Bonchev–Trinajstić information content (AvgIpc) is 2.95. The number of amides is 3. The minimum absolute atomic E-state index is 0.0319. The van der Waals surface area contributed by atoms with E-state index in [2.05, 4.69) is 20.7 Å². The van der Waals surface area contributed by atoms with E-state index in [1.54, 1.807) is 61.5 Å². The molecule has 3 amide bonds. The third-order valence-electron chi connectivity index (χ3n) is 6.06. The highest BCUT2D eigenvalue weighted by molar-refractivity contribution is 7.40. The molecular weight excluding hydrogens is 541 g/mol. The molecule has 12 nitrogen and oxygen atoms in total. The first-order valence-corrected chi connectivity index (χ1v) is 14.0. The topological polar surface area (TPSA) is 169 Å². The van der Waals surface area contributed by atoms with Crippen molar-refractivity contribution in [1.29, 1.82) is 0 Å². The lowest BCUT2D eigenvalue weighted by Gasteiger charge is -2.37. The van der Waals surface area contributed by atoms with Crippen molar-refractivity contribution in [3.05, 3.63) is 71.8 Å². The summed E-state index contributed by atoms with van der Waals surface area (Å²) < 4.78 is 27.8. The van der Waals surface area contributed by atoms with Crippen LogP contribution in [-0.4, -0.2) is 53.4 Å². The molecule has 3 unspecified atom stereocenters. The van der Waals surface area contributed by atoms with E-state index in [0.717, 1.165) is 12.7 Å². The lowest BCUT2D eigenvalue weighted by molar-refractivity contribution is -0.142. The van der Waals surface area contributed by atoms with Crippen molar-refractivity contribution in [3.8, 4) is 0 Å². The van der Waals surface area contributed by atoms with Gasteiger partial charge in [-0.2, -0.15) is 0 Å². The summed E-state index contributed by atoms with van der Waals surface area (Å²) in [4.78, 5) is 60.9. The standard InChI is InChI=1S/C27H36N3O9P/c1-4-11-22(29-26(34)39-18-21-14-9-6-10-15-21)24(32)30-27(40(35)36,16-23(31)37-3)19(2)28-25(33)38-17-20-12-7-5-8-13-20/h5-10,12-15,19,22,40H,4,11,16-18H2,1-3H3,(H,28,33)(H,29,34)(H,30,32)(H,35,36)/t19?,22-,27?/m0/s1. The Morgan fingerprint density at radius 2 is 1.40 bits per heavy atom. The second-order valence-corrected chi connectivity index (χ2v) is 10.5.